The van der Waals surface area contributed by atoms with E-state index in [0.29, 0.717) is 23.7 Å². The van der Waals surface area contributed by atoms with Crippen LogP contribution in [0.15, 0.2) is 139 Å². The van der Waals surface area contributed by atoms with E-state index in [0.717, 1.165) is 54.5 Å². The molecular weight excluding hydrogens is 625 g/mol. The van der Waals surface area contributed by atoms with E-state index in [1.807, 2.05) is 30.6 Å². The molecule has 2 aliphatic rings. The van der Waals surface area contributed by atoms with Crippen LogP contribution in [0.2, 0.25) is 0 Å². The minimum absolute atomic E-state index is 0.197. The number of aliphatic hydroxyl groups excluding tert-OH is 1. The van der Waals surface area contributed by atoms with E-state index in [2.05, 4.69) is 83.6 Å². The summed E-state index contributed by atoms with van der Waals surface area (Å²) in [5.74, 6) is 0.620. The molecule has 2 fully saturated rings. The van der Waals surface area contributed by atoms with Gasteiger partial charge in [-0.2, -0.15) is 0 Å². The summed E-state index contributed by atoms with van der Waals surface area (Å²) in [5.41, 5.74) is 3.54. The molecule has 1 aromatic heterocycles. The average molecular weight is 673 g/mol. The minimum atomic E-state index is -3.75. The third-order valence-electron chi connectivity index (χ3n) is 11.1. The van der Waals surface area contributed by atoms with Gasteiger partial charge in [-0.25, -0.2) is 13.4 Å². The lowest BCUT2D eigenvalue weighted by Crippen LogP contribution is -2.41. The predicted molar refractivity (Wildman–Crippen MR) is 196 cm³/mol. The Balaban J connectivity index is 1.25. The molecule has 1 N–H and O–H groups in total. The number of aromatic nitrogens is 2. The molecule has 0 radical (unpaired) electrons. The van der Waals surface area contributed by atoms with Gasteiger partial charge in [0.05, 0.1) is 28.3 Å². The van der Waals surface area contributed by atoms with Crippen molar-refractivity contribution in [2.45, 2.75) is 86.0 Å². The van der Waals surface area contributed by atoms with Gasteiger partial charge < -0.3 is 9.67 Å². The number of sulfone groups is 1. The zero-order valence-corrected chi connectivity index (χ0v) is 29.0. The Morgan fingerprint density at radius 2 is 1.22 bits per heavy atom. The average Bonchev–Trinajstić information content (AvgIpc) is 3.90. The maximum Gasteiger partial charge on any atom is 0.183 e. The van der Waals surface area contributed by atoms with Crippen LogP contribution in [0, 0.1) is 17.8 Å². The van der Waals surface area contributed by atoms with Crippen molar-refractivity contribution in [1.29, 1.82) is 0 Å². The van der Waals surface area contributed by atoms with E-state index in [1.165, 1.54) is 19.3 Å². The Labute approximate surface area is 292 Å². The van der Waals surface area contributed by atoms with E-state index in [1.54, 1.807) is 24.3 Å². The number of rotatable bonds is 14. The highest BCUT2D eigenvalue weighted by Crippen LogP contribution is 2.45. The highest BCUT2D eigenvalue weighted by atomic mass is 32.2. The van der Waals surface area contributed by atoms with Crippen LogP contribution in [0.25, 0.3) is 0 Å². The Morgan fingerprint density at radius 1 is 0.714 bits per heavy atom. The Kier molecular flexibility index (Phi) is 10.2. The molecule has 5 nitrogen and oxygen atoms in total. The van der Waals surface area contributed by atoms with Crippen molar-refractivity contribution < 1.29 is 13.5 Å². The van der Waals surface area contributed by atoms with Gasteiger partial charge in [0.1, 0.15) is 5.54 Å². The van der Waals surface area contributed by atoms with Crippen LogP contribution in [0.1, 0.15) is 80.2 Å². The summed E-state index contributed by atoms with van der Waals surface area (Å²) in [4.78, 5) is 5.30. The molecule has 3 unspecified atom stereocenters. The highest BCUT2D eigenvalue weighted by molar-refractivity contribution is 7.92. The predicted octanol–water partition coefficient (Wildman–Crippen LogP) is 8.86. The van der Waals surface area contributed by atoms with E-state index in [-0.39, 0.29) is 11.8 Å². The van der Waals surface area contributed by atoms with Gasteiger partial charge in [0.2, 0.25) is 0 Å². The zero-order chi connectivity index (χ0) is 33.7. The summed E-state index contributed by atoms with van der Waals surface area (Å²) in [6.07, 6.45) is 12.9. The maximum absolute atomic E-state index is 14.3. The highest BCUT2D eigenvalue weighted by Gasteiger charge is 2.45. The van der Waals surface area contributed by atoms with Gasteiger partial charge in [0, 0.05) is 6.20 Å². The number of hydrogen-bond donors (Lipinski definition) is 1. The number of aliphatic hydroxyl groups is 1. The molecular formula is C43H48N2O3S. The monoisotopic (exact) mass is 672 g/mol. The summed E-state index contributed by atoms with van der Waals surface area (Å²) in [6, 6.07) is 40.4. The van der Waals surface area contributed by atoms with Gasteiger partial charge in [-0.1, -0.05) is 141 Å². The first-order chi connectivity index (χ1) is 24.0. The van der Waals surface area contributed by atoms with E-state index >= 15 is 0 Å². The first-order valence-corrected chi connectivity index (χ1v) is 19.7. The molecule has 2 saturated carbocycles. The Hall–Kier alpha value is -4.00. The maximum atomic E-state index is 14.3. The van der Waals surface area contributed by atoms with Crippen molar-refractivity contribution in [2.24, 2.45) is 17.8 Å². The van der Waals surface area contributed by atoms with Crippen LogP contribution >= 0.6 is 0 Å². The number of nitrogens with zero attached hydrogens (tertiary/aromatic N) is 2. The van der Waals surface area contributed by atoms with Crippen LogP contribution in [0.5, 0.6) is 0 Å². The molecule has 0 spiro atoms. The van der Waals surface area contributed by atoms with Gasteiger partial charge in [0.15, 0.2) is 9.84 Å². The molecule has 0 aliphatic heterocycles. The molecule has 0 bridgehead atoms. The first kappa shape index (κ1) is 33.5. The molecule has 49 heavy (non-hydrogen) atoms. The summed E-state index contributed by atoms with van der Waals surface area (Å²) >= 11 is 0. The summed E-state index contributed by atoms with van der Waals surface area (Å²) in [6.45, 7) is 0. The SMILES string of the molecule is O=S(=O)(c1ccccc1)C(CCC1CCCCC1)C(O)C(Cc1cn(C(c2ccccc2)(c2ccccc2)c2ccccc2)cn1)C1CC1. The molecule has 2 aliphatic carbocycles. The number of hydrogen-bond acceptors (Lipinski definition) is 4. The Bertz CT molecular complexity index is 1770. The minimum Gasteiger partial charge on any atom is -0.391 e. The van der Waals surface area contributed by atoms with Crippen molar-refractivity contribution in [1.82, 2.24) is 9.55 Å². The zero-order valence-electron chi connectivity index (χ0n) is 28.2. The van der Waals surface area contributed by atoms with Gasteiger partial charge in [-0.15, -0.1) is 0 Å². The fraction of sp³-hybridized carbons (Fsp3) is 0.372. The lowest BCUT2D eigenvalue weighted by Gasteiger charge is -2.37. The van der Waals surface area contributed by atoms with Crippen molar-refractivity contribution in [2.75, 3.05) is 0 Å². The fourth-order valence-electron chi connectivity index (χ4n) is 8.42. The van der Waals surface area contributed by atoms with Crippen LogP contribution in [0.4, 0.5) is 0 Å². The van der Waals surface area contributed by atoms with Gasteiger partial charge >= 0.3 is 0 Å². The summed E-state index contributed by atoms with van der Waals surface area (Å²) < 4.78 is 30.8. The normalized spacial score (nSPS) is 17.7. The van der Waals surface area contributed by atoms with Crippen LogP contribution < -0.4 is 0 Å². The van der Waals surface area contributed by atoms with Crippen LogP contribution in [-0.2, 0) is 21.8 Å². The van der Waals surface area contributed by atoms with E-state index in [4.69, 9.17) is 4.98 Å². The van der Waals surface area contributed by atoms with Crippen molar-refractivity contribution >= 4 is 9.84 Å². The van der Waals surface area contributed by atoms with Gasteiger partial charge in [-0.3, -0.25) is 0 Å². The lowest BCUT2D eigenvalue weighted by atomic mass is 9.76. The molecule has 6 heteroatoms. The summed E-state index contributed by atoms with van der Waals surface area (Å²) in [5, 5.41) is 11.4. The van der Waals surface area contributed by atoms with Crippen molar-refractivity contribution in [3.8, 4) is 0 Å². The second-order valence-electron chi connectivity index (χ2n) is 14.3. The molecule has 3 atom stereocenters. The molecule has 0 amide bonds. The van der Waals surface area contributed by atoms with E-state index in [9.17, 15) is 13.5 Å². The van der Waals surface area contributed by atoms with Gasteiger partial charge in [-0.05, 0) is 78.7 Å². The van der Waals surface area contributed by atoms with Crippen LogP contribution in [-0.4, -0.2) is 34.4 Å². The second kappa shape index (κ2) is 14.9. The third kappa shape index (κ3) is 7.04. The van der Waals surface area contributed by atoms with Crippen molar-refractivity contribution in [3.63, 3.8) is 0 Å². The quantitative estimate of drug-likeness (QED) is 0.120. The topological polar surface area (TPSA) is 72.2 Å². The number of imidazole rings is 1. The summed E-state index contributed by atoms with van der Waals surface area (Å²) in [7, 11) is -3.75. The fourth-order valence-corrected chi connectivity index (χ4v) is 10.3. The lowest BCUT2D eigenvalue weighted by molar-refractivity contribution is 0.0846. The molecule has 0 saturated heterocycles. The number of benzene rings is 4. The van der Waals surface area contributed by atoms with Crippen LogP contribution in [0.3, 0.4) is 0 Å². The second-order valence-corrected chi connectivity index (χ2v) is 16.4. The standard InChI is InChI=1S/C43H48N2O3S/c46-42(41(29-26-33-16-6-1-7-17-33)49(47,48)39-24-14-5-15-25-39)40(34-27-28-34)30-38-31-45(32-44-38)43(35-18-8-2-9-19-35,36-20-10-3-11-21-36)37-22-12-4-13-23-37/h2-5,8-15,18-25,31-34,40-42,46H,1,6-7,16-17,26-30H2. The molecule has 1 heterocycles. The molecule has 7 rings (SSSR count). The first-order valence-electron chi connectivity index (χ1n) is 18.1. The largest absolute Gasteiger partial charge is 0.391 e. The van der Waals surface area contributed by atoms with Crippen molar-refractivity contribution in [3.05, 3.63) is 156 Å². The molecule has 5 aromatic rings. The van der Waals surface area contributed by atoms with Gasteiger partial charge in [0.25, 0.3) is 0 Å². The molecule has 254 valence electrons. The third-order valence-corrected chi connectivity index (χ3v) is 13.4. The molecule has 4 aromatic carbocycles. The Morgan fingerprint density at radius 3 is 1.73 bits per heavy atom. The smallest absolute Gasteiger partial charge is 0.183 e. The van der Waals surface area contributed by atoms with E-state index < -0.39 is 26.7 Å².